The zero-order valence-electron chi connectivity index (χ0n) is 27.4. The van der Waals surface area contributed by atoms with Gasteiger partial charge in [0.1, 0.15) is 11.6 Å². The molecule has 2 aliphatic rings. The number of halogens is 2. The van der Waals surface area contributed by atoms with Crippen LogP contribution >= 0.6 is 0 Å². The summed E-state index contributed by atoms with van der Waals surface area (Å²) in [6.07, 6.45) is 7.27. The molecule has 0 radical (unpaired) electrons. The molecular weight excluding hydrogens is 594 g/mol. The fourth-order valence-corrected chi connectivity index (χ4v) is 6.80. The summed E-state index contributed by atoms with van der Waals surface area (Å²) in [6, 6.07) is 23.4. The van der Waals surface area contributed by atoms with Gasteiger partial charge >= 0.3 is 0 Å². The Balaban J connectivity index is 0.000000248. The third-order valence-electron chi connectivity index (χ3n) is 9.20. The Morgan fingerprint density at radius 1 is 0.809 bits per heavy atom. The lowest BCUT2D eigenvalue weighted by molar-refractivity contribution is -0.147. The van der Waals surface area contributed by atoms with Gasteiger partial charge in [-0.05, 0) is 78.7 Å². The second-order valence-corrected chi connectivity index (χ2v) is 13.1. The molecule has 1 unspecified atom stereocenters. The Morgan fingerprint density at radius 2 is 1.34 bits per heavy atom. The maximum Gasteiger partial charge on any atom is 0.228 e. The minimum Gasteiger partial charge on any atom is -0.392 e. The van der Waals surface area contributed by atoms with E-state index in [0.717, 1.165) is 44.0 Å². The zero-order valence-corrected chi connectivity index (χ0v) is 27.4. The number of hydrogen-bond acceptors (Lipinski definition) is 3. The summed E-state index contributed by atoms with van der Waals surface area (Å²) in [7, 11) is 0. The summed E-state index contributed by atoms with van der Waals surface area (Å²) in [5.74, 6) is -1.10. The minimum atomic E-state index is -0.894. The first-order valence-corrected chi connectivity index (χ1v) is 16.7. The Bertz CT molecular complexity index is 1440. The van der Waals surface area contributed by atoms with E-state index in [0.29, 0.717) is 43.8 Å². The molecule has 2 heterocycles. The summed E-state index contributed by atoms with van der Waals surface area (Å²) >= 11 is 0. The van der Waals surface area contributed by atoms with Crippen molar-refractivity contribution in [3.63, 3.8) is 0 Å². The highest BCUT2D eigenvalue weighted by atomic mass is 19.1. The van der Waals surface area contributed by atoms with Gasteiger partial charge in [0.25, 0.3) is 0 Å². The predicted molar refractivity (Wildman–Crippen MR) is 183 cm³/mol. The average molecular weight is 643 g/mol. The van der Waals surface area contributed by atoms with Crippen molar-refractivity contribution in [1.29, 1.82) is 0 Å². The van der Waals surface area contributed by atoms with Gasteiger partial charge in [-0.1, -0.05) is 79.7 Å². The van der Waals surface area contributed by atoms with E-state index in [9.17, 15) is 23.5 Å². The number of hydrogen-bond donors (Lipinski definition) is 1. The first-order chi connectivity index (χ1) is 22.7. The minimum absolute atomic E-state index is 0.0658. The molecule has 0 saturated carbocycles. The normalized spacial score (nSPS) is 21.0. The molecule has 3 aromatic rings. The maximum absolute atomic E-state index is 13.5. The summed E-state index contributed by atoms with van der Waals surface area (Å²) in [5.41, 5.74) is 2.73. The average Bonchev–Trinajstić information content (AvgIpc) is 3.05. The van der Waals surface area contributed by atoms with E-state index in [1.165, 1.54) is 17.7 Å². The number of aliphatic hydroxyl groups excluding tert-OH is 1. The number of amides is 2. The molecule has 2 aliphatic heterocycles. The van der Waals surface area contributed by atoms with Crippen LogP contribution in [-0.4, -0.2) is 45.9 Å². The van der Waals surface area contributed by atoms with Crippen molar-refractivity contribution in [2.24, 2.45) is 23.7 Å². The number of carbonyl (C=O) groups is 2. The molecule has 250 valence electrons. The second-order valence-electron chi connectivity index (χ2n) is 13.1. The predicted octanol–water partition coefficient (Wildman–Crippen LogP) is 7.75. The SMILES string of the molecule is C=CC[C@@H]1CC([C@@H](O)[C@@H](C)Cc2cc(F)cc(F)c2)C(=O)N(Cc2ccccc2)C1.C=CC[C@@H]1CCC(=O)N(Cc2ccccc2)C1. The second kappa shape index (κ2) is 17.7. The number of carbonyl (C=O) groups excluding carboxylic acids is 2. The highest BCUT2D eigenvalue weighted by Gasteiger charge is 2.39. The van der Waals surface area contributed by atoms with Crippen LogP contribution in [0.1, 0.15) is 55.7 Å². The van der Waals surface area contributed by atoms with Crippen LogP contribution in [0, 0.1) is 35.3 Å². The Labute approximate surface area is 278 Å². The van der Waals surface area contributed by atoms with Crippen molar-refractivity contribution in [3.05, 3.63) is 132 Å². The van der Waals surface area contributed by atoms with Crippen LogP contribution in [0.3, 0.4) is 0 Å². The van der Waals surface area contributed by atoms with E-state index in [1.54, 1.807) is 0 Å². The van der Waals surface area contributed by atoms with Gasteiger partial charge in [0.2, 0.25) is 11.8 Å². The molecule has 0 aliphatic carbocycles. The van der Waals surface area contributed by atoms with E-state index in [4.69, 9.17) is 0 Å². The molecule has 2 amide bonds. The van der Waals surface area contributed by atoms with Crippen LogP contribution in [0.25, 0.3) is 0 Å². The number of nitrogens with zero attached hydrogens (tertiary/aromatic N) is 2. The van der Waals surface area contributed by atoms with Gasteiger partial charge in [0.15, 0.2) is 0 Å². The molecule has 5 nitrogen and oxygen atoms in total. The van der Waals surface area contributed by atoms with Gasteiger partial charge in [-0.15, -0.1) is 13.2 Å². The van der Waals surface area contributed by atoms with Crippen molar-refractivity contribution in [3.8, 4) is 0 Å². The maximum atomic E-state index is 13.5. The lowest BCUT2D eigenvalue weighted by atomic mass is 9.78. The summed E-state index contributed by atoms with van der Waals surface area (Å²) in [4.78, 5) is 28.8. The van der Waals surface area contributed by atoms with Crippen LogP contribution < -0.4 is 0 Å². The van der Waals surface area contributed by atoms with Crippen LogP contribution in [0.4, 0.5) is 8.78 Å². The quantitative estimate of drug-likeness (QED) is 0.206. The number of benzene rings is 3. The largest absolute Gasteiger partial charge is 0.392 e. The van der Waals surface area contributed by atoms with Gasteiger partial charge in [0, 0.05) is 38.7 Å². The lowest BCUT2D eigenvalue weighted by Gasteiger charge is -2.40. The van der Waals surface area contributed by atoms with Crippen LogP contribution in [0.5, 0.6) is 0 Å². The Morgan fingerprint density at radius 3 is 1.91 bits per heavy atom. The van der Waals surface area contributed by atoms with Crippen molar-refractivity contribution in [2.75, 3.05) is 13.1 Å². The molecule has 0 bridgehead atoms. The number of aliphatic hydroxyl groups is 1. The summed E-state index contributed by atoms with van der Waals surface area (Å²) in [5, 5.41) is 11.0. The fourth-order valence-electron chi connectivity index (χ4n) is 6.80. The third-order valence-corrected chi connectivity index (χ3v) is 9.20. The highest BCUT2D eigenvalue weighted by Crippen LogP contribution is 2.32. The van der Waals surface area contributed by atoms with E-state index in [2.05, 4.69) is 25.3 Å². The highest BCUT2D eigenvalue weighted by molar-refractivity contribution is 5.80. The molecule has 7 heteroatoms. The molecule has 3 aromatic carbocycles. The number of allylic oxidation sites excluding steroid dienone is 2. The Kier molecular flexibility index (Phi) is 13.5. The van der Waals surface area contributed by atoms with Crippen LogP contribution in [-0.2, 0) is 29.1 Å². The number of likely N-dealkylation sites (tertiary alicyclic amines) is 2. The van der Waals surface area contributed by atoms with E-state index < -0.39 is 23.7 Å². The first-order valence-electron chi connectivity index (χ1n) is 16.7. The molecule has 2 saturated heterocycles. The lowest BCUT2D eigenvalue weighted by Crippen LogP contribution is -2.50. The summed E-state index contributed by atoms with van der Waals surface area (Å²) in [6.45, 7) is 12.2. The number of piperidine rings is 2. The third kappa shape index (κ3) is 10.7. The smallest absolute Gasteiger partial charge is 0.228 e. The van der Waals surface area contributed by atoms with Gasteiger partial charge in [-0.3, -0.25) is 9.59 Å². The molecule has 5 rings (SSSR count). The monoisotopic (exact) mass is 642 g/mol. The van der Waals surface area contributed by atoms with E-state index >= 15 is 0 Å². The standard InChI is InChI=1S/C25H29F2NO2.C15H19NO/c1-3-7-19-13-23(25(30)28(16-19)15-18-8-5-4-6-9-18)24(29)17(2)10-20-11-21(26)14-22(27)12-20;1-2-6-13-9-10-15(17)16(11-13)12-14-7-4-3-5-8-14/h3-6,8-9,11-12,14,17,19,23-24,29H,1,7,10,13,15-16H2,2H3;2-5,7-8,13H,1,6,9-12H2/t17-,19+,23?,24-;13-/m01/s1. The van der Waals surface area contributed by atoms with E-state index in [1.807, 2.05) is 77.4 Å². The van der Waals surface area contributed by atoms with Crippen molar-refractivity contribution in [1.82, 2.24) is 9.80 Å². The van der Waals surface area contributed by atoms with Gasteiger partial charge in [-0.25, -0.2) is 8.78 Å². The molecule has 5 atom stereocenters. The summed E-state index contributed by atoms with van der Waals surface area (Å²) < 4.78 is 27.0. The molecule has 2 fully saturated rings. The molecule has 0 spiro atoms. The van der Waals surface area contributed by atoms with Crippen LogP contribution in [0.15, 0.2) is 104 Å². The van der Waals surface area contributed by atoms with Crippen molar-refractivity contribution in [2.45, 2.75) is 64.6 Å². The fraction of sp³-hybridized carbons (Fsp3) is 0.400. The topological polar surface area (TPSA) is 60.9 Å². The molecule has 47 heavy (non-hydrogen) atoms. The van der Waals surface area contributed by atoms with Crippen LogP contribution in [0.2, 0.25) is 0 Å². The van der Waals surface area contributed by atoms with E-state index in [-0.39, 0.29) is 23.7 Å². The van der Waals surface area contributed by atoms with Gasteiger partial charge < -0.3 is 14.9 Å². The van der Waals surface area contributed by atoms with Gasteiger partial charge in [-0.2, -0.15) is 0 Å². The van der Waals surface area contributed by atoms with Crippen molar-refractivity contribution >= 4 is 11.8 Å². The first kappa shape index (κ1) is 35.7. The molecule has 1 N–H and O–H groups in total. The molecule has 0 aromatic heterocycles. The zero-order chi connectivity index (χ0) is 33.8. The van der Waals surface area contributed by atoms with Gasteiger partial charge in [0.05, 0.1) is 12.0 Å². The molecular formula is C40H48F2N2O3. The van der Waals surface area contributed by atoms with Crippen molar-refractivity contribution < 1.29 is 23.5 Å². The number of rotatable bonds is 12. The Hall–Kier alpha value is -4.10.